The van der Waals surface area contributed by atoms with Gasteiger partial charge in [-0.15, -0.1) is 0 Å². The molecule has 0 spiro atoms. The number of hydrogen-bond donors (Lipinski definition) is 2. The molecule has 0 saturated heterocycles. The van der Waals surface area contributed by atoms with E-state index in [1.807, 2.05) is 0 Å². The largest absolute Gasteiger partial charge is 0.478 e. The van der Waals surface area contributed by atoms with Gasteiger partial charge in [0.2, 0.25) is 0 Å². The molecule has 1 atom stereocenters. The Labute approximate surface area is 121 Å². The third kappa shape index (κ3) is 3.77. The zero-order chi connectivity index (χ0) is 15.5. The standard InChI is InChI=1S/C14H17FN4O2/c1-9(12-16-8-17-19-12)18-13(20)14(2,3)21-11-6-4-10(15)5-7-11/h4-9H,1-3H3,(H,18,20)(H,16,17,19). The summed E-state index contributed by atoms with van der Waals surface area (Å²) in [6, 6.07) is 5.19. The van der Waals surface area contributed by atoms with Crippen molar-refractivity contribution in [2.75, 3.05) is 0 Å². The summed E-state index contributed by atoms with van der Waals surface area (Å²) < 4.78 is 18.5. The van der Waals surface area contributed by atoms with Crippen LogP contribution in [0.4, 0.5) is 4.39 Å². The number of aromatic amines is 1. The molecule has 0 saturated carbocycles. The molecule has 1 heterocycles. The van der Waals surface area contributed by atoms with Crippen LogP contribution in [0.15, 0.2) is 30.6 Å². The SMILES string of the molecule is CC(NC(=O)C(C)(C)Oc1ccc(F)cc1)c1ncn[nH]1. The minimum atomic E-state index is -1.11. The minimum absolute atomic E-state index is 0.310. The van der Waals surface area contributed by atoms with Gasteiger partial charge in [-0.3, -0.25) is 9.89 Å². The van der Waals surface area contributed by atoms with E-state index in [4.69, 9.17) is 4.74 Å². The first-order chi connectivity index (χ1) is 9.88. The second-order valence-electron chi connectivity index (χ2n) is 5.13. The van der Waals surface area contributed by atoms with Crippen LogP contribution in [0.5, 0.6) is 5.75 Å². The molecular weight excluding hydrogens is 275 g/mol. The first-order valence-electron chi connectivity index (χ1n) is 6.49. The number of amides is 1. The Hall–Kier alpha value is -2.44. The second kappa shape index (κ2) is 5.90. The van der Waals surface area contributed by atoms with Crippen molar-refractivity contribution in [3.8, 4) is 5.75 Å². The normalized spacial score (nSPS) is 12.8. The van der Waals surface area contributed by atoms with Gasteiger partial charge in [-0.1, -0.05) is 0 Å². The van der Waals surface area contributed by atoms with Crippen molar-refractivity contribution in [3.63, 3.8) is 0 Å². The third-order valence-electron chi connectivity index (χ3n) is 2.92. The molecule has 0 aliphatic rings. The number of hydrogen-bond acceptors (Lipinski definition) is 4. The highest BCUT2D eigenvalue weighted by atomic mass is 19.1. The van der Waals surface area contributed by atoms with Crippen molar-refractivity contribution in [2.24, 2.45) is 0 Å². The molecule has 0 fully saturated rings. The molecule has 2 rings (SSSR count). The Morgan fingerprint density at radius 1 is 1.38 bits per heavy atom. The Morgan fingerprint density at radius 2 is 2.05 bits per heavy atom. The quantitative estimate of drug-likeness (QED) is 0.883. The lowest BCUT2D eigenvalue weighted by Gasteiger charge is -2.26. The molecule has 21 heavy (non-hydrogen) atoms. The topological polar surface area (TPSA) is 79.9 Å². The summed E-state index contributed by atoms with van der Waals surface area (Å²) in [5, 5.41) is 9.21. The molecule has 1 aromatic heterocycles. The van der Waals surface area contributed by atoms with Gasteiger partial charge in [0.05, 0.1) is 6.04 Å². The molecule has 2 N–H and O–H groups in total. The average Bonchev–Trinajstić information content (AvgIpc) is 2.95. The highest BCUT2D eigenvalue weighted by Gasteiger charge is 2.31. The fourth-order valence-corrected chi connectivity index (χ4v) is 1.71. The average molecular weight is 292 g/mol. The van der Waals surface area contributed by atoms with Crippen LogP contribution in [-0.4, -0.2) is 26.7 Å². The van der Waals surface area contributed by atoms with Crippen LogP contribution in [0.25, 0.3) is 0 Å². The summed E-state index contributed by atoms with van der Waals surface area (Å²) in [4.78, 5) is 16.3. The molecule has 0 aliphatic carbocycles. The summed E-state index contributed by atoms with van der Waals surface area (Å²) >= 11 is 0. The zero-order valence-electron chi connectivity index (χ0n) is 12.1. The molecule has 112 valence electrons. The molecule has 2 aromatic rings. The summed E-state index contributed by atoms with van der Waals surface area (Å²) in [6.07, 6.45) is 1.37. The Morgan fingerprint density at radius 3 is 2.62 bits per heavy atom. The van der Waals surface area contributed by atoms with Crippen LogP contribution < -0.4 is 10.1 Å². The van der Waals surface area contributed by atoms with Crippen molar-refractivity contribution >= 4 is 5.91 Å². The maximum atomic E-state index is 12.9. The molecule has 0 bridgehead atoms. The number of carbonyl (C=O) groups is 1. The number of benzene rings is 1. The second-order valence-corrected chi connectivity index (χ2v) is 5.13. The number of nitrogens with one attached hydrogen (secondary N) is 2. The van der Waals surface area contributed by atoms with E-state index in [1.54, 1.807) is 20.8 Å². The first kappa shape index (κ1) is 15.0. The number of halogens is 1. The highest BCUT2D eigenvalue weighted by molar-refractivity contribution is 5.84. The van der Waals surface area contributed by atoms with Gasteiger partial charge in [0.1, 0.15) is 23.7 Å². The number of nitrogens with zero attached hydrogens (tertiary/aromatic N) is 2. The van der Waals surface area contributed by atoms with Gasteiger partial charge in [0.25, 0.3) is 5.91 Å². The lowest BCUT2D eigenvalue weighted by molar-refractivity contribution is -0.135. The van der Waals surface area contributed by atoms with Crippen molar-refractivity contribution in [2.45, 2.75) is 32.4 Å². The smallest absolute Gasteiger partial charge is 0.264 e. The van der Waals surface area contributed by atoms with E-state index in [1.165, 1.54) is 30.6 Å². The Kier molecular flexibility index (Phi) is 4.21. The maximum absolute atomic E-state index is 12.9. The fourth-order valence-electron chi connectivity index (χ4n) is 1.71. The summed E-state index contributed by atoms with van der Waals surface area (Å²) in [7, 11) is 0. The summed E-state index contributed by atoms with van der Waals surface area (Å²) in [6.45, 7) is 5.06. The van der Waals surface area contributed by atoms with Gasteiger partial charge in [-0.2, -0.15) is 5.10 Å². The van der Waals surface area contributed by atoms with Crippen LogP contribution >= 0.6 is 0 Å². The number of aromatic nitrogens is 3. The Balaban J connectivity index is 2.01. The summed E-state index contributed by atoms with van der Waals surface area (Å²) in [5.74, 6) is 0.309. The van der Waals surface area contributed by atoms with Crippen LogP contribution in [0.2, 0.25) is 0 Å². The van der Waals surface area contributed by atoms with Gasteiger partial charge in [-0.05, 0) is 45.0 Å². The predicted molar refractivity (Wildman–Crippen MR) is 74.0 cm³/mol. The van der Waals surface area contributed by atoms with E-state index in [9.17, 15) is 9.18 Å². The number of rotatable bonds is 5. The van der Waals surface area contributed by atoms with E-state index >= 15 is 0 Å². The van der Waals surface area contributed by atoms with Crippen LogP contribution in [-0.2, 0) is 4.79 Å². The van der Waals surface area contributed by atoms with Gasteiger partial charge >= 0.3 is 0 Å². The molecule has 1 aromatic carbocycles. The number of ether oxygens (including phenoxy) is 1. The predicted octanol–water partition coefficient (Wildman–Crippen LogP) is 1.98. The minimum Gasteiger partial charge on any atom is -0.478 e. The van der Waals surface area contributed by atoms with Gasteiger partial charge in [-0.25, -0.2) is 9.37 Å². The van der Waals surface area contributed by atoms with Crippen LogP contribution in [0, 0.1) is 5.82 Å². The third-order valence-corrected chi connectivity index (χ3v) is 2.92. The first-order valence-corrected chi connectivity index (χ1v) is 6.49. The van der Waals surface area contributed by atoms with Crippen molar-refractivity contribution in [3.05, 3.63) is 42.2 Å². The van der Waals surface area contributed by atoms with Crippen molar-refractivity contribution < 1.29 is 13.9 Å². The molecule has 0 aliphatic heterocycles. The molecule has 1 amide bonds. The van der Waals surface area contributed by atoms with Crippen molar-refractivity contribution in [1.82, 2.24) is 20.5 Å². The molecule has 6 nitrogen and oxygen atoms in total. The van der Waals surface area contributed by atoms with Crippen LogP contribution in [0.3, 0.4) is 0 Å². The monoisotopic (exact) mass is 292 g/mol. The van der Waals surface area contributed by atoms with E-state index < -0.39 is 5.60 Å². The zero-order valence-corrected chi connectivity index (χ0v) is 12.1. The van der Waals surface area contributed by atoms with Crippen molar-refractivity contribution in [1.29, 1.82) is 0 Å². The summed E-state index contributed by atoms with van der Waals surface area (Å²) in [5.41, 5.74) is -1.11. The highest BCUT2D eigenvalue weighted by Crippen LogP contribution is 2.19. The lowest BCUT2D eigenvalue weighted by Crippen LogP contribution is -2.47. The molecule has 7 heteroatoms. The molecule has 0 radical (unpaired) electrons. The van der Waals surface area contributed by atoms with E-state index in [0.29, 0.717) is 11.6 Å². The Bertz CT molecular complexity index is 596. The van der Waals surface area contributed by atoms with Gasteiger partial charge in [0.15, 0.2) is 5.60 Å². The van der Waals surface area contributed by atoms with E-state index in [-0.39, 0.29) is 17.8 Å². The molecule has 1 unspecified atom stereocenters. The number of H-pyrrole nitrogens is 1. The van der Waals surface area contributed by atoms with Gasteiger partial charge in [0, 0.05) is 0 Å². The fraction of sp³-hybridized carbons (Fsp3) is 0.357. The maximum Gasteiger partial charge on any atom is 0.264 e. The van der Waals surface area contributed by atoms with Crippen LogP contribution in [0.1, 0.15) is 32.6 Å². The van der Waals surface area contributed by atoms with E-state index in [2.05, 4.69) is 20.5 Å². The number of carbonyl (C=O) groups excluding carboxylic acids is 1. The molecular formula is C14H17FN4O2. The lowest BCUT2D eigenvalue weighted by atomic mass is 10.1. The van der Waals surface area contributed by atoms with Gasteiger partial charge < -0.3 is 10.1 Å². The van der Waals surface area contributed by atoms with E-state index in [0.717, 1.165) is 0 Å².